The Labute approximate surface area is 112 Å². The van der Waals surface area contributed by atoms with Crippen molar-refractivity contribution >= 4 is 11.6 Å². The van der Waals surface area contributed by atoms with Crippen LogP contribution in [0.3, 0.4) is 0 Å². The first-order valence-electron chi connectivity index (χ1n) is 6.50. The predicted molar refractivity (Wildman–Crippen MR) is 71.9 cm³/mol. The molecule has 1 amide bonds. The summed E-state index contributed by atoms with van der Waals surface area (Å²) in [5.74, 6) is -0.279. The molecule has 5 N–H and O–H groups in total. The van der Waals surface area contributed by atoms with E-state index in [1.54, 1.807) is 0 Å². The molecule has 0 radical (unpaired) electrons. The van der Waals surface area contributed by atoms with E-state index in [0.717, 1.165) is 18.5 Å². The molecule has 0 spiro atoms. The summed E-state index contributed by atoms with van der Waals surface area (Å²) in [5, 5.41) is 18.0. The molecule has 0 aliphatic rings. The van der Waals surface area contributed by atoms with Gasteiger partial charge >= 0.3 is 0 Å². The summed E-state index contributed by atoms with van der Waals surface area (Å²) in [6.45, 7) is 3.35. The summed E-state index contributed by atoms with van der Waals surface area (Å²) < 4.78 is 5.08. The molecule has 0 fully saturated rings. The Bertz CT molecular complexity index is 392. The van der Waals surface area contributed by atoms with Crippen molar-refractivity contribution in [1.29, 1.82) is 0 Å². The quantitative estimate of drug-likeness (QED) is 0.474. The Balaban J connectivity index is 2.33. The fourth-order valence-corrected chi connectivity index (χ4v) is 1.63. The Kier molecular flexibility index (Phi) is 6.91. The van der Waals surface area contributed by atoms with Gasteiger partial charge in [0.25, 0.3) is 5.91 Å². The number of aliphatic hydroxyl groups excluding tert-OH is 1. The van der Waals surface area contributed by atoms with E-state index < -0.39 is 0 Å². The van der Waals surface area contributed by atoms with Gasteiger partial charge in [0.2, 0.25) is 0 Å². The number of aryl methyl sites for hydroxylation is 1. The lowest BCUT2D eigenvalue weighted by atomic mass is 10.2. The second-order valence-corrected chi connectivity index (χ2v) is 4.16. The third-order valence-corrected chi connectivity index (χ3v) is 2.58. The smallest absolute Gasteiger partial charge is 0.273 e. The Morgan fingerprint density at radius 3 is 3.00 bits per heavy atom. The van der Waals surface area contributed by atoms with Crippen molar-refractivity contribution in [2.24, 2.45) is 0 Å². The van der Waals surface area contributed by atoms with Gasteiger partial charge in [-0.25, -0.2) is 0 Å². The van der Waals surface area contributed by atoms with Gasteiger partial charge in [0.1, 0.15) is 0 Å². The molecule has 0 aromatic carbocycles. The first-order chi connectivity index (χ1) is 9.20. The van der Waals surface area contributed by atoms with E-state index in [4.69, 9.17) is 15.6 Å². The number of hydrogen-bond donors (Lipinski definition) is 4. The van der Waals surface area contributed by atoms with E-state index in [1.165, 1.54) is 0 Å². The number of ether oxygens (including phenoxy) is 1. The number of rotatable bonds is 9. The number of H-pyrrole nitrogens is 1. The van der Waals surface area contributed by atoms with Crippen molar-refractivity contribution < 1.29 is 14.6 Å². The second kappa shape index (κ2) is 8.49. The van der Waals surface area contributed by atoms with Crippen LogP contribution in [0, 0.1) is 0 Å². The highest BCUT2D eigenvalue weighted by atomic mass is 16.5. The minimum atomic E-state index is -0.279. The fraction of sp³-hybridized carbons (Fsp3) is 0.667. The van der Waals surface area contributed by atoms with Gasteiger partial charge in [-0.15, -0.1) is 0 Å². The van der Waals surface area contributed by atoms with E-state index in [-0.39, 0.29) is 18.2 Å². The molecule has 0 atom stereocenters. The molecule has 7 heteroatoms. The molecule has 0 aliphatic heterocycles. The van der Waals surface area contributed by atoms with Crippen molar-refractivity contribution in [3.63, 3.8) is 0 Å². The monoisotopic (exact) mass is 270 g/mol. The molecule has 7 nitrogen and oxygen atoms in total. The van der Waals surface area contributed by atoms with Crippen LogP contribution in [0.15, 0.2) is 0 Å². The SMILES string of the molecule is CCCc1[nH]nc(C(=O)NCCCOCCO)c1N. The molecule has 0 aliphatic carbocycles. The topological polar surface area (TPSA) is 113 Å². The second-order valence-electron chi connectivity index (χ2n) is 4.16. The number of aromatic nitrogens is 2. The highest BCUT2D eigenvalue weighted by molar-refractivity contribution is 5.97. The number of aliphatic hydroxyl groups is 1. The third-order valence-electron chi connectivity index (χ3n) is 2.58. The van der Waals surface area contributed by atoms with Crippen LogP contribution in [0.4, 0.5) is 5.69 Å². The van der Waals surface area contributed by atoms with Crippen LogP contribution in [0.2, 0.25) is 0 Å². The summed E-state index contributed by atoms with van der Waals surface area (Å²) >= 11 is 0. The van der Waals surface area contributed by atoms with Crippen molar-refractivity contribution in [2.45, 2.75) is 26.2 Å². The maximum atomic E-state index is 11.8. The number of nitrogens with zero attached hydrogens (tertiary/aromatic N) is 1. The Morgan fingerprint density at radius 1 is 1.53 bits per heavy atom. The fourth-order valence-electron chi connectivity index (χ4n) is 1.63. The minimum Gasteiger partial charge on any atom is -0.395 e. The molecule has 1 rings (SSSR count). The van der Waals surface area contributed by atoms with Crippen LogP contribution in [0.5, 0.6) is 0 Å². The van der Waals surface area contributed by atoms with E-state index in [0.29, 0.717) is 31.9 Å². The highest BCUT2D eigenvalue weighted by Crippen LogP contribution is 2.15. The molecular weight excluding hydrogens is 248 g/mol. The number of nitrogen functional groups attached to an aromatic ring is 1. The maximum absolute atomic E-state index is 11.8. The average molecular weight is 270 g/mol. The number of nitrogens with one attached hydrogen (secondary N) is 2. The van der Waals surface area contributed by atoms with Gasteiger partial charge in [0.05, 0.1) is 24.6 Å². The van der Waals surface area contributed by atoms with Crippen LogP contribution in [0.25, 0.3) is 0 Å². The summed E-state index contributed by atoms with van der Waals surface area (Å²) in [7, 11) is 0. The first kappa shape index (κ1) is 15.5. The van der Waals surface area contributed by atoms with Gasteiger partial charge in [0.15, 0.2) is 5.69 Å². The van der Waals surface area contributed by atoms with Gasteiger partial charge in [0, 0.05) is 13.2 Å². The van der Waals surface area contributed by atoms with E-state index in [2.05, 4.69) is 15.5 Å². The first-order valence-corrected chi connectivity index (χ1v) is 6.50. The van der Waals surface area contributed by atoms with Gasteiger partial charge in [-0.05, 0) is 12.8 Å². The molecule has 1 heterocycles. The minimum absolute atomic E-state index is 0.0103. The lowest BCUT2D eigenvalue weighted by molar-refractivity contribution is 0.0866. The van der Waals surface area contributed by atoms with E-state index >= 15 is 0 Å². The number of hydrogen-bond acceptors (Lipinski definition) is 5. The zero-order chi connectivity index (χ0) is 14.1. The van der Waals surface area contributed by atoms with Crippen molar-refractivity contribution in [3.8, 4) is 0 Å². The standard InChI is InChI=1S/C12H22N4O3/c1-2-4-9-10(13)11(16-15-9)12(18)14-5-3-7-19-8-6-17/h17H,2-8,13H2,1H3,(H,14,18)(H,15,16). The molecule has 1 aromatic rings. The van der Waals surface area contributed by atoms with Crippen LogP contribution >= 0.6 is 0 Å². The van der Waals surface area contributed by atoms with Crippen molar-refractivity contribution in [1.82, 2.24) is 15.5 Å². The average Bonchev–Trinajstić information content (AvgIpc) is 2.76. The number of nitrogens with two attached hydrogens (primary N) is 1. The van der Waals surface area contributed by atoms with Crippen molar-refractivity contribution in [2.75, 3.05) is 32.1 Å². The molecule has 0 saturated heterocycles. The highest BCUT2D eigenvalue weighted by Gasteiger charge is 2.15. The predicted octanol–water partition coefficient (Wildman–Crippen LogP) is 0.0732. The molecule has 19 heavy (non-hydrogen) atoms. The normalized spacial score (nSPS) is 10.6. The lowest BCUT2D eigenvalue weighted by Crippen LogP contribution is -2.26. The molecular formula is C12H22N4O3. The van der Waals surface area contributed by atoms with Crippen molar-refractivity contribution in [3.05, 3.63) is 11.4 Å². The van der Waals surface area contributed by atoms with Gasteiger partial charge in [-0.3, -0.25) is 9.89 Å². The number of amides is 1. The van der Waals surface area contributed by atoms with Crippen LogP contribution in [-0.4, -0.2) is 47.6 Å². The van der Waals surface area contributed by atoms with E-state index in [9.17, 15) is 4.79 Å². The molecule has 0 saturated carbocycles. The lowest BCUT2D eigenvalue weighted by Gasteiger charge is -2.04. The molecule has 108 valence electrons. The molecule has 0 unspecified atom stereocenters. The Morgan fingerprint density at radius 2 is 2.32 bits per heavy atom. The summed E-state index contributed by atoms with van der Waals surface area (Å²) in [6.07, 6.45) is 2.40. The van der Waals surface area contributed by atoms with Gasteiger partial charge < -0.3 is 20.9 Å². The number of carbonyl (C=O) groups is 1. The Hall–Kier alpha value is -1.60. The zero-order valence-electron chi connectivity index (χ0n) is 11.2. The number of aromatic amines is 1. The summed E-state index contributed by atoms with van der Waals surface area (Å²) in [5.41, 5.74) is 7.33. The largest absolute Gasteiger partial charge is 0.395 e. The number of anilines is 1. The third kappa shape index (κ3) is 4.88. The summed E-state index contributed by atoms with van der Waals surface area (Å²) in [4.78, 5) is 11.8. The molecule has 0 bridgehead atoms. The number of carbonyl (C=O) groups excluding carboxylic acids is 1. The van der Waals surface area contributed by atoms with E-state index in [1.807, 2.05) is 6.92 Å². The summed E-state index contributed by atoms with van der Waals surface area (Å²) in [6, 6.07) is 0. The van der Waals surface area contributed by atoms with Gasteiger partial charge in [-0.2, -0.15) is 5.10 Å². The van der Waals surface area contributed by atoms with Crippen LogP contribution < -0.4 is 11.1 Å². The van der Waals surface area contributed by atoms with Crippen LogP contribution in [0.1, 0.15) is 35.9 Å². The van der Waals surface area contributed by atoms with Crippen LogP contribution in [-0.2, 0) is 11.2 Å². The zero-order valence-corrected chi connectivity index (χ0v) is 11.2. The molecule has 1 aromatic heterocycles. The maximum Gasteiger partial charge on any atom is 0.273 e. The van der Waals surface area contributed by atoms with Gasteiger partial charge in [-0.1, -0.05) is 13.3 Å².